The number of aromatic hydroxyl groups is 1. The largest absolute Gasteiger partial charge is 0.507 e. The molecule has 0 atom stereocenters. The van der Waals surface area contributed by atoms with Crippen molar-refractivity contribution >= 4 is 17.4 Å². The average Bonchev–Trinajstić information content (AvgIpc) is 2.08. The molecule has 1 rings (SSSR count). The molecule has 0 aliphatic rings. The number of phenols is 1. The third-order valence-electron chi connectivity index (χ3n) is 2.19. The molecule has 0 unspecified atom stereocenters. The first kappa shape index (κ1) is 12.1. The predicted octanol–water partition coefficient (Wildman–Crippen LogP) is 3.58. The topological polar surface area (TPSA) is 37.3 Å². The summed E-state index contributed by atoms with van der Waals surface area (Å²) >= 11 is 5.85. The van der Waals surface area contributed by atoms with Crippen molar-refractivity contribution in [2.24, 2.45) is 5.41 Å². The molecule has 0 fully saturated rings. The summed E-state index contributed by atoms with van der Waals surface area (Å²) in [4.78, 5) is 12.0. The molecule has 3 heteroatoms. The Morgan fingerprint density at radius 3 is 2.33 bits per heavy atom. The maximum absolute atomic E-state index is 12.0. The fourth-order valence-electron chi connectivity index (χ4n) is 1.31. The van der Waals surface area contributed by atoms with Crippen LogP contribution >= 0.6 is 11.6 Å². The highest BCUT2D eigenvalue weighted by atomic mass is 35.5. The number of halogens is 1. The van der Waals surface area contributed by atoms with Gasteiger partial charge in [0.25, 0.3) is 0 Å². The molecule has 2 nitrogen and oxygen atoms in total. The van der Waals surface area contributed by atoms with E-state index >= 15 is 0 Å². The van der Waals surface area contributed by atoms with Crippen LogP contribution < -0.4 is 0 Å². The number of carbonyl (C=O) groups excluding carboxylic acids is 1. The van der Waals surface area contributed by atoms with Gasteiger partial charge in [0, 0.05) is 10.4 Å². The van der Waals surface area contributed by atoms with Crippen LogP contribution in [0.5, 0.6) is 5.75 Å². The van der Waals surface area contributed by atoms with Crippen molar-refractivity contribution in [1.29, 1.82) is 0 Å². The summed E-state index contributed by atoms with van der Waals surface area (Å²) in [6.45, 7) is 7.15. The van der Waals surface area contributed by atoms with Crippen LogP contribution in [-0.4, -0.2) is 10.9 Å². The van der Waals surface area contributed by atoms with Crippen molar-refractivity contribution in [2.75, 3.05) is 0 Å². The van der Waals surface area contributed by atoms with E-state index < -0.39 is 5.41 Å². The van der Waals surface area contributed by atoms with Crippen LogP contribution in [0.15, 0.2) is 12.1 Å². The van der Waals surface area contributed by atoms with Crippen LogP contribution in [0.1, 0.15) is 36.7 Å². The first-order valence-electron chi connectivity index (χ1n) is 4.77. The summed E-state index contributed by atoms with van der Waals surface area (Å²) in [6, 6.07) is 3.15. The van der Waals surface area contributed by atoms with Gasteiger partial charge in [-0.15, -0.1) is 0 Å². The minimum atomic E-state index is -0.519. The van der Waals surface area contributed by atoms with Crippen LogP contribution in [0.25, 0.3) is 0 Å². The molecular weight excluding hydrogens is 212 g/mol. The minimum Gasteiger partial charge on any atom is -0.507 e. The molecule has 0 bridgehead atoms. The van der Waals surface area contributed by atoms with Gasteiger partial charge in [0.2, 0.25) is 0 Å². The van der Waals surface area contributed by atoms with Crippen molar-refractivity contribution in [3.05, 3.63) is 28.3 Å². The monoisotopic (exact) mass is 226 g/mol. The minimum absolute atomic E-state index is 0.0272. The van der Waals surface area contributed by atoms with Crippen molar-refractivity contribution in [1.82, 2.24) is 0 Å². The lowest BCUT2D eigenvalue weighted by Crippen LogP contribution is -2.20. The van der Waals surface area contributed by atoms with Gasteiger partial charge in [-0.3, -0.25) is 4.79 Å². The Bertz CT molecular complexity index is 403. The van der Waals surface area contributed by atoms with E-state index in [4.69, 9.17) is 11.6 Å². The van der Waals surface area contributed by atoms with Gasteiger partial charge in [0.15, 0.2) is 5.78 Å². The van der Waals surface area contributed by atoms with Gasteiger partial charge in [0.1, 0.15) is 5.75 Å². The summed E-state index contributed by atoms with van der Waals surface area (Å²) in [5, 5.41) is 10.2. The summed E-state index contributed by atoms with van der Waals surface area (Å²) in [5.74, 6) is -0.0788. The van der Waals surface area contributed by atoms with Gasteiger partial charge >= 0.3 is 0 Å². The molecule has 0 heterocycles. The molecular formula is C12H15ClO2. The summed E-state index contributed by atoms with van der Waals surface area (Å²) in [6.07, 6.45) is 0. The van der Waals surface area contributed by atoms with Crippen LogP contribution in [-0.2, 0) is 0 Å². The number of ketones is 1. The number of hydrogen-bond acceptors (Lipinski definition) is 2. The molecule has 0 aliphatic heterocycles. The molecule has 0 aromatic heterocycles. The molecule has 0 aliphatic carbocycles. The average molecular weight is 227 g/mol. The van der Waals surface area contributed by atoms with E-state index in [1.54, 1.807) is 13.0 Å². The van der Waals surface area contributed by atoms with Gasteiger partial charge < -0.3 is 5.11 Å². The molecule has 0 spiro atoms. The normalized spacial score (nSPS) is 11.5. The SMILES string of the molecule is Cc1cc(Cl)cc(C(=O)C(C)(C)C)c1O. The highest BCUT2D eigenvalue weighted by Gasteiger charge is 2.26. The zero-order valence-corrected chi connectivity index (χ0v) is 10.1. The third kappa shape index (κ3) is 2.51. The predicted molar refractivity (Wildman–Crippen MR) is 61.6 cm³/mol. The molecule has 1 aromatic carbocycles. The van der Waals surface area contributed by atoms with Crippen LogP contribution in [0.3, 0.4) is 0 Å². The number of Topliss-reactive ketones (excluding diaryl/α,β-unsaturated/α-hetero) is 1. The van der Waals surface area contributed by atoms with E-state index in [0.29, 0.717) is 16.1 Å². The Labute approximate surface area is 94.9 Å². The third-order valence-corrected chi connectivity index (χ3v) is 2.41. The standard InChI is InChI=1S/C12H15ClO2/c1-7-5-8(13)6-9(10(7)14)11(15)12(2,3)4/h5-6,14H,1-4H3. The first-order chi connectivity index (χ1) is 6.73. The second-order valence-corrected chi connectivity index (χ2v) is 5.13. The fourth-order valence-corrected chi connectivity index (χ4v) is 1.59. The van der Waals surface area contributed by atoms with Crippen molar-refractivity contribution in [3.63, 3.8) is 0 Å². The lowest BCUT2D eigenvalue weighted by atomic mass is 9.85. The Balaban J connectivity index is 3.32. The molecule has 0 saturated carbocycles. The maximum atomic E-state index is 12.0. The van der Waals surface area contributed by atoms with Gasteiger partial charge in [-0.1, -0.05) is 32.4 Å². The van der Waals surface area contributed by atoms with E-state index in [0.717, 1.165) is 0 Å². The van der Waals surface area contributed by atoms with Crippen LogP contribution in [0, 0.1) is 12.3 Å². The fraction of sp³-hybridized carbons (Fsp3) is 0.417. The number of benzene rings is 1. The second-order valence-electron chi connectivity index (χ2n) is 4.70. The highest BCUT2D eigenvalue weighted by molar-refractivity contribution is 6.31. The Morgan fingerprint density at radius 2 is 1.87 bits per heavy atom. The van der Waals surface area contributed by atoms with Gasteiger partial charge in [-0.05, 0) is 24.6 Å². The van der Waals surface area contributed by atoms with Crippen molar-refractivity contribution in [2.45, 2.75) is 27.7 Å². The summed E-state index contributed by atoms with van der Waals surface area (Å²) in [5.41, 5.74) is 0.400. The van der Waals surface area contributed by atoms with Gasteiger partial charge in [-0.2, -0.15) is 0 Å². The van der Waals surface area contributed by atoms with Crippen LogP contribution in [0.4, 0.5) is 0 Å². The van der Waals surface area contributed by atoms with Gasteiger partial charge in [-0.25, -0.2) is 0 Å². The maximum Gasteiger partial charge on any atom is 0.171 e. The molecule has 82 valence electrons. The van der Waals surface area contributed by atoms with Crippen LogP contribution in [0.2, 0.25) is 5.02 Å². The Morgan fingerprint density at radius 1 is 1.33 bits per heavy atom. The van der Waals surface area contributed by atoms with Crippen molar-refractivity contribution < 1.29 is 9.90 Å². The summed E-state index contributed by atoms with van der Waals surface area (Å²) in [7, 11) is 0. The number of carbonyl (C=O) groups is 1. The molecule has 0 amide bonds. The molecule has 15 heavy (non-hydrogen) atoms. The lowest BCUT2D eigenvalue weighted by molar-refractivity contribution is 0.0855. The smallest absolute Gasteiger partial charge is 0.171 e. The zero-order chi connectivity index (χ0) is 11.8. The van der Waals surface area contributed by atoms with E-state index in [1.807, 2.05) is 20.8 Å². The summed E-state index contributed by atoms with van der Waals surface area (Å²) < 4.78 is 0. The zero-order valence-electron chi connectivity index (χ0n) is 9.39. The Kier molecular flexibility index (Phi) is 3.10. The lowest BCUT2D eigenvalue weighted by Gasteiger charge is -2.18. The number of hydrogen-bond donors (Lipinski definition) is 1. The first-order valence-corrected chi connectivity index (χ1v) is 5.15. The molecule has 1 N–H and O–H groups in total. The number of phenolic OH excluding ortho intramolecular Hbond substituents is 1. The van der Waals surface area contributed by atoms with Crippen molar-refractivity contribution in [3.8, 4) is 5.75 Å². The molecule has 0 radical (unpaired) electrons. The van der Waals surface area contributed by atoms with E-state index in [9.17, 15) is 9.90 Å². The quantitative estimate of drug-likeness (QED) is 0.744. The Hall–Kier alpha value is -1.02. The second kappa shape index (κ2) is 3.86. The molecule has 1 aromatic rings. The van der Waals surface area contributed by atoms with E-state index in [-0.39, 0.29) is 11.5 Å². The number of rotatable bonds is 1. The van der Waals surface area contributed by atoms with E-state index in [2.05, 4.69) is 0 Å². The number of aryl methyl sites for hydroxylation is 1. The highest BCUT2D eigenvalue weighted by Crippen LogP contribution is 2.31. The molecule has 0 saturated heterocycles. The van der Waals surface area contributed by atoms with Gasteiger partial charge in [0.05, 0.1) is 5.56 Å². The van der Waals surface area contributed by atoms with E-state index in [1.165, 1.54) is 6.07 Å².